The van der Waals surface area contributed by atoms with Gasteiger partial charge in [-0.25, -0.2) is 4.98 Å². The topological polar surface area (TPSA) is 54.5 Å². The van der Waals surface area contributed by atoms with E-state index >= 15 is 0 Å². The van der Waals surface area contributed by atoms with Gasteiger partial charge in [-0.05, 0) is 49.8 Å². The van der Waals surface area contributed by atoms with Crippen LogP contribution in [0.2, 0.25) is 0 Å². The Hall–Kier alpha value is -2.96. The fourth-order valence-corrected chi connectivity index (χ4v) is 4.40. The van der Waals surface area contributed by atoms with Gasteiger partial charge in [0, 0.05) is 29.9 Å². The van der Waals surface area contributed by atoms with Crippen molar-refractivity contribution in [1.29, 1.82) is 0 Å². The van der Waals surface area contributed by atoms with Gasteiger partial charge >= 0.3 is 0 Å². The maximum absolute atomic E-state index is 12.6. The molecular formula is C24H25N3O2S. The van der Waals surface area contributed by atoms with Crippen molar-refractivity contribution in [3.05, 3.63) is 71.1 Å². The number of ether oxygens (including phenoxy) is 1. The lowest BCUT2D eigenvalue weighted by Gasteiger charge is -2.16. The Morgan fingerprint density at radius 1 is 1.10 bits per heavy atom. The molecule has 0 saturated heterocycles. The second-order valence-corrected chi connectivity index (χ2v) is 8.42. The molecule has 0 atom stereocenters. The number of thiophene rings is 1. The largest absolute Gasteiger partial charge is 0.497 e. The van der Waals surface area contributed by atoms with E-state index in [1.807, 2.05) is 30.3 Å². The summed E-state index contributed by atoms with van der Waals surface area (Å²) in [5.41, 5.74) is 2.17. The summed E-state index contributed by atoms with van der Waals surface area (Å²) in [6.45, 7) is 2.49. The van der Waals surface area contributed by atoms with Gasteiger partial charge in [-0.2, -0.15) is 0 Å². The van der Waals surface area contributed by atoms with Gasteiger partial charge in [-0.15, -0.1) is 11.3 Å². The lowest BCUT2D eigenvalue weighted by atomic mass is 10.2. The van der Waals surface area contributed by atoms with Gasteiger partial charge in [0.1, 0.15) is 10.6 Å². The number of carbonyl (C=O) groups excluding carboxylic acids is 1. The van der Waals surface area contributed by atoms with E-state index in [0.717, 1.165) is 46.4 Å². The van der Waals surface area contributed by atoms with Gasteiger partial charge in [0.05, 0.1) is 17.5 Å². The van der Waals surface area contributed by atoms with E-state index in [9.17, 15) is 4.79 Å². The average molecular weight is 420 g/mol. The van der Waals surface area contributed by atoms with Crippen LogP contribution in [0.3, 0.4) is 0 Å². The van der Waals surface area contributed by atoms with E-state index < -0.39 is 0 Å². The molecule has 1 N–H and O–H groups in total. The first kappa shape index (κ1) is 20.3. The molecule has 1 amide bonds. The molecule has 5 nitrogen and oxygen atoms in total. The minimum atomic E-state index is -0.0367. The maximum Gasteiger partial charge on any atom is 0.261 e. The van der Waals surface area contributed by atoms with E-state index in [1.54, 1.807) is 7.11 Å². The molecule has 2 aromatic carbocycles. The van der Waals surface area contributed by atoms with Crippen molar-refractivity contribution in [3.63, 3.8) is 0 Å². The second kappa shape index (κ2) is 9.24. The number of amides is 1. The number of carbonyl (C=O) groups is 1. The second-order valence-electron chi connectivity index (χ2n) is 7.38. The summed E-state index contributed by atoms with van der Waals surface area (Å²) < 4.78 is 5.28. The lowest BCUT2D eigenvalue weighted by Crippen LogP contribution is -2.27. The number of methoxy groups -OCH3 is 1. The van der Waals surface area contributed by atoms with Gasteiger partial charge < -0.3 is 15.0 Å². The van der Waals surface area contributed by atoms with Gasteiger partial charge in [0.25, 0.3) is 5.91 Å². The molecule has 0 unspecified atom stereocenters. The van der Waals surface area contributed by atoms with E-state index in [1.165, 1.54) is 16.9 Å². The zero-order chi connectivity index (χ0) is 20.9. The van der Waals surface area contributed by atoms with Crippen molar-refractivity contribution in [3.8, 4) is 5.75 Å². The predicted octanol–water partition coefficient (Wildman–Crippen LogP) is 4.71. The van der Waals surface area contributed by atoms with Crippen molar-refractivity contribution in [2.45, 2.75) is 13.0 Å². The van der Waals surface area contributed by atoms with E-state index in [0.29, 0.717) is 11.4 Å². The molecular weight excluding hydrogens is 394 g/mol. The Morgan fingerprint density at radius 3 is 2.73 bits per heavy atom. The van der Waals surface area contributed by atoms with Gasteiger partial charge in [-0.3, -0.25) is 4.79 Å². The van der Waals surface area contributed by atoms with Crippen LogP contribution in [-0.4, -0.2) is 43.0 Å². The molecule has 0 bridgehead atoms. The fourth-order valence-electron chi connectivity index (χ4n) is 3.46. The Morgan fingerprint density at radius 2 is 1.93 bits per heavy atom. The van der Waals surface area contributed by atoms with E-state index in [4.69, 9.17) is 9.72 Å². The summed E-state index contributed by atoms with van der Waals surface area (Å²) in [7, 11) is 3.75. The normalized spacial score (nSPS) is 11.3. The predicted molar refractivity (Wildman–Crippen MR) is 123 cm³/mol. The highest BCUT2D eigenvalue weighted by Crippen LogP contribution is 2.29. The number of rotatable bonds is 8. The van der Waals surface area contributed by atoms with Crippen LogP contribution in [0.5, 0.6) is 5.75 Å². The Bertz CT molecular complexity index is 1160. The maximum atomic E-state index is 12.6. The van der Waals surface area contributed by atoms with Crippen LogP contribution in [0.15, 0.2) is 60.7 Å². The molecule has 2 aromatic heterocycles. The average Bonchev–Trinajstić information content (AvgIpc) is 3.18. The summed E-state index contributed by atoms with van der Waals surface area (Å²) in [4.78, 5) is 21.1. The standard InChI is InChI=1S/C24H25N3O2S/c1-27(16-17-7-4-3-5-8-17)12-6-11-25-23(28)22-14-19-13-18-9-10-20(29-2)15-21(18)26-24(19)30-22/h3-5,7-10,13-15H,6,11-12,16H2,1-2H3,(H,25,28). The zero-order valence-corrected chi connectivity index (χ0v) is 18.0. The Kier molecular flexibility index (Phi) is 6.26. The molecule has 4 rings (SSSR count). The zero-order valence-electron chi connectivity index (χ0n) is 17.2. The third-order valence-corrected chi connectivity index (χ3v) is 6.08. The number of nitrogens with one attached hydrogen (secondary N) is 1. The first-order valence-corrected chi connectivity index (χ1v) is 10.8. The molecule has 0 spiro atoms. The van der Waals surface area contributed by atoms with Crippen molar-refractivity contribution >= 4 is 38.4 Å². The third kappa shape index (κ3) is 4.78. The van der Waals surface area contributed by atoms with Crippen LogP contribution < -0.4 is 10.1 Å². The Balaban J connectivity index is 1.33. The smallest absolute Gasteiger partial charge is 0.261 e. The van der Waals surface area contributed by atoms with Gasteiger partial charge in [0.15, 0.2) is 0 Å². The van der Waals surface area contributed by atoms with Crippen LogP contribution in [0, 0.1) is 0 Å². The number of aromatic nitrogens is 1. The molecule has 30 heavy (non-hydrogen) atoms. The van der Waals surface area contributed by atoms with Crippen LogP contribution in [0.25, 0.3) is 21.1 Å². The molecule has 154 valence electrons. The molecule has 0 aliphatic carbocycles. The molecule has 6 heteroatoms. The van der Waals surface area contributed by atoms with Crippen LogP contribution in [-0.2, 0) is 6.54 Å². The molecule has 0 aliphatic heterocycles. The van der Waals surface area contributed by atoms with Crippen molar-refractivity contribution in [2.75, 3.05) is 27.2 Å². The highest BCUT2D eigenvalue weighted by Gasteiger charge is 2.12. The minimum Gasteiger partial charge on any atom is -0.497 e. The first-order valence-electron chi connectivity index (χ1n) is 10.0. The number of benzene rings is 2. The summed E-state index contributed by atoms with van der Waals surface area (Å²) in [5.74, 6) is 0.742. The first-order chi connectivity index (χ1) is 14.6. The van der Waals surface area contributed by atoms with Crippen LogP contribution in [0.1, 0.15) is 21.7 Å². The number of fused-ring (bicyclic) bond motifs is 2. The minimum absolute atomic E-state index is 0.0367. The van der Waals surface area contributed by atoms with Gasteiger partial charge in [-0.1, -0.05) is 30.3 Å². The number of nitrogens with zero attached hydrogens (tertiary/aromatic N) is 2. The summed E-state index contributed by atoms with van der Waals surface area (Å²) in [6.07, 6.45) is 0.905. The molecule has 2 heterocycles. The summed E-state index contributed by atoms with van der Waals surface area (Å²) >= 11 is 1.43. The molecule has 0 radical (unpaired) electrons. The van der Waals surface area contributed by atoms with Crippen molar-refractivity contribution < 1.29 is 9.53 Å². The highest BCUT2D eigenvalue weighted by atomic mass is 32.1. The summed E-state index contributed by atoms with van der Waals surface area (Å²) in [5, 5.41) is 5.06. The van der Waals surface area contributed by atoms with E-state index in [-0.39, 0.29) is 5.91 Å². The van der Waals surface area contributed by atoms with Gasteiger partial charge in [0.2, 0.25) is 0 Å². The number of hydrogen-bond acceptors (Lipinski definition) is 5. The molecule has 0 fully saturated rings. The van der Waals surface area contributed by atoms with Crippen LogP contribution >= 0.6 is 11.3 Å². The SMILES string of the molecule is COc1ccc2cc3cc(C(=O)NCCCN(C)Cc4ccccc4)sc3nc2c1. The number of pyridine rings is 1. The van der Waals surface area contributed by atoms with Crippen LogP contribution in [0.4, 0.5) is 0 Å². The van der Waals surface area contributed by atoms with Crippen molar-refractivity contribution in [1.82, 2.24) is 15.2 Å². The Labute approximate surface area is 180 Å². The van der Waals surface area contributed by atoms with E-state index in [2.05, 4.69) is 47.6 Å². The fraction of sp³-hybridized carbons (Fsp3) is 0.250. The quantitative estimate of drug-likeness (QED) is 0.420. The highest BCUT2D eigenvalue weighted by molar-refractivity contribution is 7.20. The molecule has 0 aliphatic rings. The summed E-state index contributed by atoms with van der Waals surface area (Å²) in [6, 6.07) is 20.2. The lowest BCUT2D eigenvalue weighted by molar-refractivity contribution is 0.0956. The van der Waals surface area contributed by atoms with Crippen molar-refractivity contribution in [2.24, 2.45) is 0 Å². The third-order valence-electron chi connectivity index (χ3n) is 5.03. The molecule has 0 saturated carbocycles. The monoisotopic (exact) mass is 419 g/mol. The number of hydrogen-bond donors (Lipinski definition) is 1. The molecule has 4 aromatic rings.